The van der Waals surface area contributed by atoms with E-state index in [4.69, 9.17) is 5.73 Å². The Bertz CT molecular complexity index is 638. The fourth-order valence-corrected chi connectivity index (χ4v) is 2.07. The van der Waals surface area contributed by atoms with Gasteiger partial charge in [0.1, 0.15) is 0 Å². The number of nitrogens with one attached hydrogen (secondary N) is 1. The molecule has 19 heavy (non-hydrogen) atoms. The summed E-state index contributed by atoms with van der Waals surface area (Å²) in [5.41, 5.74) is 9.77. The average Bonchev–Trinajstić information content (AvgIpc) is 2.37. The summed E-state index contributed by atoms with van der Waals surface area (Å²) in [5, 5.41) is 2.89. The van der Waals surface area contributed by atoms with E-state index in [0.29, 0.717) is 11.3 Å². The van der Waals surface area contributed by atoms with Crippen LogP contribution in [-0.4, -0.2) is 5.91 Å². The lowest BCUT2D eigenvalue weighted by Crippen LogP contribution is -2.13. The van der Waals surface area contributed by atoms with Crippen LogP contribution in [0.1, 0.15) is 21.5 Å². The molecule has 0 saturated heterocycles. The number of benzene rings is 2. The molecule has 0 heterocycles. The van der Waals surface area contributed by atoms with E-state index in [1.54, 1.807) is 12.1 Å². The van der Waals surface area contributed by atoms with Crippen molar-refractivity contribution in [3.63, 3.8) is 0 Å². The van der Waals surface area contributed by atoms with Crippen molar-refractivity contribution in [1.29, 1.82) is 0 Å². The van der Waals surface area contributed by atoms with Crippen LogP contribution < -0.4 is 11.1 Å². The topological polar surface area (TPSA) is 55.1 Å². The number of amides is 1. The molecule has 0 spiro atoms. The Morgan fingerprint density at radius 2 is 1.79 bits per heavy atom. The van der Waals surface area contributed by atoms with Gasteiger partial charge in [0, 0.05) is 21.4 Å². The van der Waals surface area contributed by atoms with Crippen LogP contribution in [0.3, 0.4) is 0 Å². The van der Waals surface area contributed by atoms with Crippen molar-refractivity contribution in [1.82, 2.24) is 0 Å². The van der Waals surface area contributed by atoms with Crippen LogP contribution in [-0.2, 0) is 0 Å². The number of halogens is 1. The molecular formula is C15H15BrN2O. The third-order valence-electron chi connectivity index (χ3n) is 2.99. The lowest BCUT2D eigenvalue weighted by molar-refractivity contribution is 0.102. The molecule has 0 bridgehead atoms. The molecule has 0 aromatic heterocycles. The number of carbonyl (C=O) groups is 1. The largest absolute Gasteiger partial charge is 0.398 e. The summed E-state index contributed by atoms with van der Waals surface area (Å²) in [4.78, 5) is 12.2. The first kappa shape index (κ1) is 13.6. The number of carbonyl (C=O) groups excluding carboxylic acids is 1. The molecule has 0 unspecified atom stereocenters. The van der Waals surface area contributed by atoms with Gasteiger partial charge in [-0.1, -0.05) is 28.1 Å². The number of hydrogen-bond donors (Lipinski definition) is 2. The van der Waals surface area contributed by atoms with E-state index < -0.39 is 0 Å². The molecule has 0 aliphatic carbocycles. The summed E-state index contributed by atoms with van der Waals surface area (Å²) in [6.07, 6.45) is 0. The lowest BCUT2D eigenvalue weighted by Gasteiger charge is -2.10. The van der Waals surface area contributed by atoms with Gasteiger partial charge < -0.3 is 11.1 Å². The number of nitrogens with two attached hydrogens (primary N) is 1. The highest BCUT2D eigenvalue weighted by atomic mass is 79.9. The number of aryl methyl sites for hydroxylation is 2. The maximum absolute atomic E-state index is 12.2. The van der Waals surface area contributed by atoms with Crippen molar-refractivity contribution in [3.8, 4) is 0 Å². The van der Waals surface area contributed by atoms with Crippen LogP contribution in [0.2, 0.25) is 0 Å². The molecule has 1 amide bonds. The average molecular weight is 319 g/mol. The predicted octanol–water partition coefficient (Wildman–Crippen LogP) is 3.90. The number of hydrogen-bond acceptors (Lipinski definition) is 2. The first-order valence-electron chi connectivity index (χ1n) is 5.91. The minimum atomic E-state index is -0.159. The Morgan fingerprint density at radius 3 is 2.47 bits per heavy atom. The Balaban J connectivity index is 2.25. The molecule has 4 heteroatoms. The molecular weight excluding hydrogens is 304 g/mol. The number of rotatable bonds is 2. The van der Waals surface area contributed by atoms with Crippen molar-refractivity contribution in [2.45, 2.75) is 13.8 Å². The SMILES string of the molecule is Cc1ccc(C(=O)Nc2cc(Br)ccc2C)cc1N. The van der Waals surface area contributed by atoms with Crippen LogP contribution in [0.5, 0.6) is 0 Å². The molecule has 0 fully saturated rings. The monoisotopic (exact) mass is 318 g/mol. The second kappa shape index (κ2) is 5.45. The minimum absolute atomic E-state index is 0.159. The van der Waals surface area contributed by atoms with E-state index in [2.05, 4.69) is 21.2 Å². The summed E-state index contributed by atoms with van der Waals surface area (Å²) in [7, 11) is 0. The van der Waals surface area contributed by atoms with E-state index in [1.807, 2.05) is 38.1 Å². The molecule has 0 saturated carbocycles. The summed E-state index contributed by atoms with van der Waals surface area (Å²) in [6, 6.07) is 11.1. The van der Waals surface area contributed by atoms with Crippen LogP contribution in [0, 0.1) is 13.8 Å². The molecule has 3 N–H and O–H groups in total. The molecule has 2 aromatic rings. The van der Waals surface area contributed by atoms with Gasteiger partial charge in [-0.05, 0) is 49.2 Å². The fourth-order valence-electron chi connectivity index (χ4n) is 1.71. The van der Waals surface area contributed by atoms with Crippen molar-refractivity contribution in [2.75, 3.05) is 11.1 Å². The smallest absolute Gasteiger partial charge is 0.255 e. The fraction of sp³-hybridized carbons (Fsp3) is 0.133. The van der Waals surface area contributed by atoms with Gasteiger partial charge in [0.15, 0.2) is 0 Å². The predicted molar refractivity (Wildman–Crippen MR) is 82.4 cm³/mol. The molecule has 0 atom stereocenters. The standard InChI is InChI=1S/C15H15BrN2O/c1-9-3-5-11(7-13(9)17)15(19)18-14-8-12(16)6-4-10(14)2/h3-8H,17H2,1-2H3,(H,18,19). The third-order valence-corrected chi connectivity index (χ3v) is 3.48. The maximum Gasteiger partial charge on any atom is 0.255 e. The maximum atomic E-state index is 12.2. The normalized spacial score (nSPS) is 10.3. The molecule has 2 aromatic carbocycles. The minimum Gasteiger partial charge on any atom is -0.398 e. The Morgan fingerprint density at radius 1 is 1.11 bits per heavy atom. The van der Waals surface area contributed by atoms with Crippen molar-refractivity contribution >= 4 is 33.2 Å². The van der Waals surface area contributed by atoms with Gasteiger partial charge >= 0.3 is 0 Å². The van der Waals surface area contributed by atoms with Crippen LogP contribution in [0.4, 0.5) is 11.4 Å². The first-order valence-corrected chi connectivity index (χ1v) is 6.70. The van der Waals surface area contributed by atoms with Crippen molar-refractivity contribution in [3.05, 3.63) is 57.6 Å². The first-order chi connectivity index (χ1) is 8.97. The molecule has 0 radical (unpaired) electrons. The van der Waals surface area contributed by atoms with E-state index in [1.165, 1.54) is 0 Å². The Kier molecular flexibility index (Phi) is 3.90. The van der Waals surface area contributed by atoms with Gasteiger partial charge in [-0.3, -0.25) is 4.79 Å². The number of anilines is 2. The van der Waals surface area contributed by atoms with Gasteiger partial charge in [-0.2, -0.15) is 0 Å². The van der Waals surface area contributed by atoms with Gasteiger partial charge in [-0.15, -0.1) is 0 Å². The zero-order valence-corrected chi connectivity index (χ0v) is 12.4. The molecule has 2 rings (SSSR count). The van der Waals surface area contributed by atoms with Gasteiger partial charge in [0.25, 0.3) is 5.91 Å². The highest BCUT2D eigenvalue weighted by Crippen LogP contribution is 2.22. The Labute approximate surface area is 121 Å². The zero-order chi connectivity index (χ0) is 14.0. The highest BCUT2D eigenvalue weighted by Gasteiger charge is 2.09. The summed E-state index contributed by atoms with van der Waals surface area (Å²) in [6.45, 7) is 3.86. The van der Waals surface area contributed by atoms with E-state index in [-0.39, 0.29) is 5.91 Å². The summed E-state index contributed by atoms with van der Waals surface area (Å²) >= 11 is 3.39. The van der Waals surface area contributed by atoms with E-state index >= 15 is 0 Å². The van der Waals surface area contributed by atoms with E-state index in [9.17, 15) is 4.79 Å². The van der Waals surface area contributed by atoms with Crippen LogP contribution in [0.25, 0.3) is 0 Å². The molecule has 98 valence electrons. The van der Waals surface area contributed by atoms with Crippen molar-refractivity contribution < 1.29 is 4.79 Å². The zero-order valence-electron chi connectivity index (χ0n) is 10.8. The second-order valence-corrected chi connectivity index (χ2v) is 5.40. The summed E-state index contributed by atoms with van der Waals surface area (Å²) < 4.78 is 0.928. The van der Waals surface area contributed by atoms with Gasteiger partial charge in [0.2, 0.25) is 0 Å². The van der Waals surface area contributed by atoms with Crippen LogP contribution in [0.15, 0.2) is 40.9 Å². The van der Waals surface area contributed by atoms with Crippen molar-refractivity contribution in [2.24, 2.45) is 0 Å². The lowest BCUT2D eigenvalue weighted by atomic mass is 10.1. The third kappa shape index (κ3) is 3.15. The molecule has 3 nitrogen and oxygen atoms in total. The highest BCUT2D eigenvalue weighted by molar-refractivity contribution is 9.10. The van der Waals surface area contributed by atoms with Gasteiger partial charge in [0.05, 0.1) is 0 Å². The van der Waals surface area contributed by atoms with Gasteiger partial charge in [-0.25, -0.2) is 0 Å². The Hall–Kier alpha value is -1.81. The summed E-state index contributed by atoms with van der Waals surface area (Å²) in [5.74, 6) is -0.159. The second-order valence-electron chi connectivity index (χ2n) is 4.48. The molecule has 0 aliphatic heterocycles. The van der Waals surface area contributed by atoms with E-state index in [0.717, 1.165) is 21.3 Å². The number of nitrogen functional groups attached to an aromatic ring is 1. The molecule has 0 aliphatic rings. The quantitative estimate of drug-likeness (QED) is 0.825. The van der Waals surface area contributed by atoms with Crippen LogP contribution >= 0.6 is 15.9 Å².